The molecule has 120 valence electrons. The fraction of sp³-hybridized carbons (Fsp3) is 0.579. The molecule has 1 aromatic carbocycles. The topological polar surface area (TPSA) is 50.1 Å². The molecule has 0 aromatic heterocycles. The zero-order chi connectivity index (χ0) is 16.3. The standard InChI is InChI=1S/C19H27NO2/c1-3-4-5-6-7-11-14-22-18(21)19(2,16-20)15-17-12-9-8-10-13-17/h8-10,12-13H,3-7,11,14-15H2,1-2H3. The summed E-state index contributed by atoms with van der Waals surface area (Å²) >= 11 is 0. The highest BCUT2D eigenvalue weighted by atomic mass is 16.5. The fourth-order valence-electron chi connectivity index (χ4n) is 2.37. The van der Waals surface area contributed by atoms with Crippen LogP contribution >= 0.6 is 0 Å². The van der Waals surface area contributed by atoms with Crippen LogP contribution in [0.1, 0.15) is 57.9 Å². The summed E-state index contributed by atoms with van der Waals surface area (Å²) in [7, 11) is 0. The minimum absolute atomic E-state index is 0.389. The first kappa shape index (κ1) is 18.2. The van der Waals surface area contributed by atoms with Gasteiger partial charge in [0.25, 0.3) is 0 Å². The molecule has 1 aromatic rings. The number of carbonyl (C=O) groups excluding carboxylic acids is 1. The van der Waals surface area contributed by atoms with Gasteiger partial charge >= 0.3 is 5.97 Å². The molecule has 1 unspecified atom stereocenters. The maximum atomic E-state index is 12.2. The van der Waals surface area contributed by atoms with E-state index in [9.17, 15) is 10.1 Å². The maximum Gasteiger partial charge on any atom is 0.326 e. The highest BCUT2D eigenvalue weighted by Crippen LogP contribution is 2.23. The van der Waals surface area contributed by atoms with Gasteiger partial charge in [-0.25, -0.2) is 0 Å². The SMILES string of the molecule is CCCCCCCCOC(=O)C(C)(C#N)Cc1ccccc1. The monoisotopic (exact) mass is 301 g/mol. The minimum Gasteiger partial charge on any atom is -0.465 e. The fourth-order valence-corrected chi connectivity index (χ4v) is 2.37. The van der Waals surface area contributed by atoms with Crippen LogP contribution in [0.4, 0.5) is 0 Å². The molecule has 0 aliphatic rings. The number of ether oxygens (including phenoxy) is 1. The molecule has 0 spiro atoms. The molecule has 0 fully saturated rings. The lowest BCUT2D eigenvalue weighted by Gasteiger charge is -2.19. The van der Waals surface area contributed by atoms with Crippen LogP contribution in [0.25, 0.3) is 0 Å². The maximum absolute atomic E-state index is 12.2. The Morgan fingerprint density at radius 1 is 1.14 bits per heavy atom. The van der Waals surface area contributed by atoms with E-state index in [1.54, 1.807) is 6.92 Å². The molecule has 0 radical (unpaired) electrons. The number of nitriles is 1. The van der Waals surface area contributed by atoms with E-state index in [-0.39, 0.29) is 0 Å². The van der Waals surface area contributed by atoms with E-state index in [1.807, 2.05) is 30.3 Å². The second-order valence-electron chi connectivity index (χ2n) is 6.01. The molecule has 0 aliphatic carbocycles. The normalized spacial score (nSPS) is 13.1. The van der Waals surface area contributed by atoms with Crippen molar-refractivity contribution in [2.24, 2.45) is 5.41 Å². The smallest absolute Gasteiger partial charge is 0.326 e. The Labute approximate surface area is 134 Å². The summed E-state index contributed by atoms with van der Waals surface area (Å²) in [6.07, 6.45) is 7.27. The molecule has 0 heterocycles. The van der Waals surface area contributed by atoms with Gasteiger partial charge < -0.3 is 4.74 Å². The summed E-state index contributed by atoms with van der Waals surface area (Å²) < 4.78 is 5.32. The lowest BCUT2D eigenvalue weighted by Crippen LogP contribution is -2.31. The van der Waals surface area contributed by atoms with Gasteiger partial charge in [0.05, 0.1) is 12.7 Å². The van der Waals surface area contributed by atoms with E-state index in [4.69, 9.17) is 4.74 Å². The van der Waals surface area contributed by atoms with Gasteiger partial charge in [-0.1, -0.05) is 69.4 Å². The van der Waals surface area contributed by atoms with Crippen LogP contribution in [-0.4, -0.2) is 12.6 Å². The summed E-state index contributed by atoms with van der Waals surface area (Å²) in [4.78, 5) is 12.2. The van der Waals surface area contributed by atoms with Crippen LogP contribution in [0.15, 0.2) is 30.3 Å². The number of carbonyl (C=O) groups is 1. The van der Waals surface area contributed by atoms with Crippen molar-refractivity contribution in [2.45, 2.75) is 58.8 Å². The summed E-state index contributed by atoms with van der Waals surface area (Å²) in [5.41, 5.74) is -0.133. The van der Waals surface area contributed by atoms with Gasteiger partial charge in [0.1, 0.15) is 0 Å². The third-order valence-electron chi connectivity index (χ3n) is 3.83. The molecule has 0 bridgehead atoms. The van der Waals surface area contributed by atoms with Crippen molar-refractivity contribution in [3.05, 3.63) is 35.9 Å². The van der Waals surface area contributed by atoms with Crippen molar-refractivity contribution >= 4 is 5.97 Å². The first-order chi connectivity index (χ1) is 10.6. The van der Waals surface area contributed by atoms with E-state index in [0.717, 1.165) is 18.4 Å². The zero-order valence-electron chi connectivity index (χ0n) is 13.8. The van der Waals surface area contributed by atoms with Gasteiger partial charge in [-0.3, -0.25) is 4.79 Å². The summed E-state index contributed by atoms with van der Waals surface area (Å²) in [5.74, 6) is -0.410. The number of nitrogens with zero attached hydrogens (tertiary/aromatic N) is 1. The van der Waals surface area contributed by atoms with Gasteiger partial charge in [0.15, 0.2) is 5.41 Å². The quantitative estimate of drug-likeness (QED) is 0.466. The van der Waals surface area contributed by atoms with E-state index >= 15 is 0 Å². The van der Waals surface area contributed by atoms with E-state index in [1.165, 1.54) is 25.7 Å². The van der Waals surface area contributed by atoms with Crippen molar-refractivity contribution in [1.82, 2.24) is 0 Å². The van der Waals surface area contributed by atoms with Crippen LogP contribution in [-0.2, 0) is 16.0 Å². The molecule has 0 aliphatic heterocycles. The third-order valence-corrected chi connectivity index (χ3v) is 3.83. The molecule has 3 heteroatoms. The van der Waals surface area contributed by atoms with Gasteiger partial charge in [-0.15, -0.1) is 0 Å². The van der Waals surface area contributed by atoms with E-state index in [2.05, 4.69) is 13.0 Å². The Morgan fingerprint density at radius 3 is 2.41 bits per heavy atom. The molecule has 3 nitrogen and oxygen atoms in total. The number of unbranched alkanes of at least 4 members (excludes halogenated alkanes) is 5. The van der Waals surface area contributed by atoms with Gasteiger partial charge in [0, 0.05) is 6.42 Å². The number of hydrogen-bond acceptors (Lipinski definition) is 3. The highest BCUT2D eigenvalue weighted by Gasteiger charge is 2.35. The lowest BCUT2D eigenvalue weighted by atomic mass is 9.85. The number of esters is 1. The highest BCUT2D eigenvalue weighted by molar-refractivity contribution is 5.80. The predicted octanol–water partition coefficient (Wildman–Crippen LogP) is 4.66. The minimum atomic E-state index is -1.11. The Morgan fingerprint density at radius 2 is 1.77 bits per heavy atom. The Hall–Kier alpha value is -1.82. The van der Waals surface area contributed by atoms with Gasteiger partial charge in [-0.05, 0) is 18.9 Å². The summed E-state index contributed by atoms with van der Waals surface area (Å²) in [5, 5.41) is 9.37. The first-order valence-corrected chi connectivity index (χ1v) is 8.25. The molecule has 1 atom stereocenters. The Kier molecular flexibility index (Phi) is 8.28. The van der Waals surface area contributed by atoms with Crippen molar-refractivity contribution < 1.29 is 9.53 Å². The average molecular weight is 301 g/mol. The molecule has 0 amide bonds. The van der Waals surface area contributed by atoms with Crippen LogP contribution in [0, 0.1) is 16.7 Å². The second kappa shape index (κ2) is 10.00. The van der Waals surface area contributed by atoms with Crippen LogP contribution in [0.3, 0.4) is 0 Å². The van der Waals surface area contributed by atoms with Crippen molar-refractivity contribution in [3.8, 4) is 6.07 Å². The second-order valence-corrected chi connectivity index (χ2v) is 6.01. The molecule has 22 heavy (non-hydrogen) atoms. The lowest BCUT2D eigenvalue weighted by molar-refractivity contribution is -0.151. The van der Waals surface area contributed by atoms with Gasteiger partial charge in [-0.2, -0.15) is 5.26 Å². The molecular formula is C19H27NO2. The number of rotatable bonds is 10. The van der Waals surface area contributed by atoms with Crippen molar-refractivity contribution in [2.75, 3.05) is 6.61 Å². The largest absolute Gasteiger partial charge is 0.465 e. The third kappa shape index (κ3) is 6.30. The van der Waals surface area contributed by atoms with E-state index < -0.39 is 11.4 Å². The summed E-state index contributed by atoms with van der Waals surface area (Å²) in [6.45, 7) is 4.26. The molecule has 0 saturated heterocycles. The average Bonchev–Trinajstić information content (AvgIpc) is 2.54. The molecule has 1 rings (SSSR count). The van der Waals surface area contributed by atoms with Gasteiger partial charge in [0.2, 0.25) is 0 Å². The Bertz CT molecular complexity index is 478. The van der Waals surface area contributed by atoms with Crippen LogP contribution < -0.4 is 0 Å². The van der Waals surface area contributed by atoms with Crippen LogP contribution in [0.2, 0.25) is 0 Å². The predicted molar refractivity (Wildman–Crippen MR) is 88.2 cm³/mol. The first-order valence-electron chi connectivity index (χ1n) is 8.25. The zero-order valence-corrected chi connectivity index (χ0v) is 13.8. The van der Waals surface area contributed by atoms with Crippen molar-refractivity contribution in [3.63, 3.8) is 0 Å². The number of benzene rings is 1. The number of hydrogen-bond donors (Lipinski definition) is 0. The Balaban J connectivity index is 2.36. The molecular weight excluding hydrogens is 274 g/mol. The molecule has 0 saturated carbocycles. The van der Waals surface area contributed by atoms with Crippen LogP contribution in [0.5, 0.6) is 0 Å². The summed E-state index contributed by atoms with van der Waals surface area (Å²) in [6, 6.07) is 11.7. The molecule has 0 N–H and O–H groups in total. The van der Waals surface area contributed by atoms with E-state index in [0.29, 0.717) is 13.0 Å². The van der Waals surface area contributed by atoms with Crippen molar-refractivity contribution in [1.29, 1.82) is 5.26 Å².